The molecule has 0 aliphatic carbocycles. The van der Waals surface area contributed by atoms with Gasteiger partial charge in [-0.25, -0.2) is 0 Å². The molecule has 0 aliphatic heterocycles. The predicted octanol–water partition coefficient (Wildman–Crippen LogP) is 4.31. The van der Waals surface area contributed by atoms with Crippen molar-refractivity contribution in [3.63, 3.8) is 0 Å². The van der Waals surface area contributed by atoms with E-state index in [2.05, 4.69) is 0 Å². The van der Waals surface area contributed by atoms with E-state index < -0.39 is 28.6 Å². The number of hydrogen-bond acceptors (Lipinski definition) is 7. The summed E-state index contributed by atoms with van der Waals surface area (Å²) in [6.07, 6.45) is 5.23. The maximum absolute atomic E-state index is 12.8. The average molecular weight is 432 g/mol. The molecule has 0 heterocycles. The first-order valence-corrected chi connectivity index (χ1v) is 9.46. The van der Waals surface area contributed by atoms with Crippen LogP contribution in [0.5, 0.6) is 28.7 Å². The second-order valence-electron chi connectivity index (χ2n) is 6.77. The molecule has 0 unspecified atom stereocenters. The Kier molecular flexibility index (Phi) is 6.60. The van der Waals surface area contributed by atoms with Gasteiger partial charge >= 0.3 is 0 Å². The molecule has 7 nitrogen and oxygen atoms in total. The quantitative estimate of drug-likeness (QED) is 0.324. The Morgan fingerprint density at radius 1 is 0.719 bits per heavy atom. The van der Waals surface area contributed by atoms with Crippen LogP contribution in [-0.4, -0.2) is 39.1 Å². The number of benzene rings is 3. The Morgan fingerprint density at radius 3 is 1.59 bits per heavy atom. The highest BCUT2D eigenvalue weighted by molar-refractivity contribution is 6.16. The first-order valence-electron chi connectivity index (χ1n) is 9.46. The van der Waals surface area contributed by atoms with Crippen LogP contribution >= 0.6 is 0 Å². The zero-order valence-electron chi connectivity index (χ0n) is 17.0. The molecule has 4 N–H and O–H groups in total. The van der Waals surface area contributed by atoms with Crippen molar-refractivity contribution < 1.29 is 34.8 Å². The number of phenols is 4. The topological polar surface area (TPSA) is 124 Å². The zero-order chi connectivity index (χ0) is 23.3. The van der Waals surface area contributed by atoms with Gasteiger partial charge in [0.25, 0.3) is 0 Å². The van der Waals surface area contributed by atoms with Crippen molar-refractivity contribution in [2.45, 2.75) is 0 Å². The number of allylic oxidation sites excluding steroid dienone is 2. The summed E-state index contributed by atoms with van der Waals surface area (Å²) < 4.78 is 5.11. The SMILES string of the molecule is COc1cc(O)c(C(=O)/C=C/c2ccc(O)cc2)c(O)c1C(=O)/C=C/c1ccc(O)cc1. The van der Waals surface area contributed by atoms with Crippen molar-refractivity contribution in [2.24, 2.45) is 0 Å². The summed E-state index contributed by atoms with van der Waals surface area (Å²) in [4.78, 5) is 25.4. The van der Waals surface area contributed by atoms with Crippen LogP contribution in [0.15, 0.2) is 66.7 Å². The first kappa shape index (κ1) is 22.2. The molecule has 0 radical (unpaired) electrons. The number of aromatic hydroxyl groups is 4. The van der Waals surface area contributed by atoms with E-state index >= 15 is 0 Å². The number of carbonyl (C=O) groups excluding carboxylic acids is 2. The number of carbonyl (C=O) groups is 2. The lowest BCUT2D eigenvalue weighted by Gasteiger charge is -2.12. The molecule has 0 fully saturated rings. The van der Waals surface area contributed by atoms with E-state index in [0.29, 0.717) is 11.1 Å². The number of rotatable bonds is 7. The van der Waals surface area contributed by atoms with Gasteiger partial charge in [-0.15, -0.1) is 0 Å². The fraction of sp³-hybridized carbons (Fsp3) is 0.0400. The Labute approximate surface area is 183 Å². The molecule has 0 saturated carbocycles. The molecule has 3 aromatic rings. The molecular weight excluding hydrogens is 412 g/mol. The van der Waals surface area contributed by atoms with Crippen molar-refractivity contribution in [1.82, 2.24) is 0 Å². The van der Waals surface area contributed by atoms with Crippen LogP contribution in [0, 0.1) is 0 Å². The van der Waals surface area contributed by atoms with Crippen molar-refractivity contribution in [3.8, 4) is 28.7 Å². The molecule has 3 aromatic carbocycles. The molecule has 0 bridgehead atoms. The second-order valence-corrected chi connectivity index (χ2v) is 6.77. The van der Waals surface area contributed by atoms with Crippen LogP contribution in [0.3, 0.4) is 0 Å². The van der Waals surface area contributed by atoms with Crippen LogP contribution in [-0.2, 0) is 0 Å². The van der Waals surface area contributed by atoms with E-state index in [4.69, 9.17) is 4.74 Å². The molecule has 0 atom stereocenters. The zero-order valence-corrected chi connectivity index (χ0v) is 17.0. The van der Waals surface area contributed by atoms with Crippen LogP contribution in [0.1, 0.15) is 31.8 Å². The van der Waals surface area contributed by atoms with Crippen molar-refractivity contribution in [2.75, 3.05) is 7.11 Å². The largest absolute Gasteiger partial charge is 0.508 e. The molecule has 0 saturated heterocycles. The summed E-state index contributed by atoms with van der Waals surface area (Å²) in [7, 11) is 1.26. The smallest absolute Gasteiger partial charge is 0.193 e. The molecule has 7 heteroatoms. The molecule has 162 valence electrons. The molecule has 32 heavy (non-hydrogen) atoms. The average Bonchev–Trinajstić information content (AvgIpc) is 2.77. The van der Waals surface area contributed by atoms with Gasteiger partial charge in [0.2, 0.25) is 0 Å². The van der Waals surface area contributed by atoms with E-state index in [0.717, 1.165) is 12.1 Å². The third-order valence-electron chi connectivity index (χ3n) is 4.60. The number of ketones is 2. The summed E-state index contributed by atoms with van der Waals surface area (Å²) >= 11 is 0. The Hall–Kier alpha value is -4.52. The predicted molar refractivity (Wildman–Crippen MR) is 119 cm³/mol. The highest BCUT2D eigenvalue weighted by Crippen LogP contribution is 2.39. The monoisotopic (exact) mass is 432 g/mol. The lowest BCUT2D eigenvalue weighted by Crippen LogP contribution is -2.05. The van der Waals surface area contributed by atoms with Gasteiger partial charge in [0.1, 0.15) is 39.9 Å². The van der Waals surface area contributed by atoms with Gasteiger partial charge in [-0.1, -0.05) is 36.4 Å². The van der Waals surface area contributed by atoms with Crippen molar-refractivity contribution in [1.29, 1.82) is 0 Å². The number of ether oxygens (including phenoxy) is 1. The Balaban J connectivity index is 1.95. The molecule has 0 spiro atoms. The van der Waals surface area contributed by atoms with Gasteiger partial charge in [-0.3, -0.25) is 9.59 Å². The van der Waals surface area contributed by atoms with E-state index in [-0.39, 0.29) is 22.8 Å². The van der Waals surface area contributed by atoms with Gasteiger partial charge < -0.3 is 25.2 Å². The standard InChI is InChI=1S/C25H20O7/c1-32-22-14-21(30)23(19(28)12-6-15-2-8-17(26)9-3-15)25(31)24(22)20(29)13-7-16-4-10-18(27)11-5-16/h2-14,26-27,30-31H,1H3/b12-6+,13-7+. The Morgan fingerprint density at radius 2 is 1.16 bits per heavy atom. The van der Waals surface area contributed by atoms with Gasteiger partial charge in [-0.2, -0.15) is 0 Å². The summed E-state index contributed by atoms with van der Waals surface area (Å²) in [5.74, 6) is -2.57. The van der Waals surface area contributed by atoms with E-state index in [1.165, 1.54) is 49.6 Å². The molecule has 0 aliphatic rings. The van der Waals surface area contributed by atoms with Gasteiger partial charge in [0.05, 0.1) is 7.11 Å². The lowest BCUT2D eigenvalue weighted by molar-refractivity contribution is 0.104. The normalized spacial score (nSPS) is 11.2. The molecule has 0 amide bonds. The van der Waals surface area contributed by atoms with Crippen LogP contribution in [0.25, 0.3) is 12.2 Å². The first-order chi connectivity index (χ1) is 15.3. The van der Waals surface area contributed by atoms with E-state index in [1.54, 1.807) is 24.3 Å². The number of methoxy groups -OCH3 is 1. The summed E-state index contributed by atoms with van der Waals surface area (Å²) in [5.41, 5.74) is 0.516. The van der Waals surface area contributed by atoms with Crippen LogP contribution < -0.4 is 4.74 Å². The highest BCUT2D eigenvalue weighted by Gasteiger charge is 2.25. The lowest BCUT2D eigenvalue weighted by atomic mass is 9.98. The van der Waals surface area contributed by atoms with Gasteiger partial charge in [-0.05, 0) is 47.5 Å². The fourth-order valence-corrected chi connectivity index (χ4v) is 2.95. The number of phenolic OH excluding ortho intramolecular Hbond substituents is 4. The summed E-state index contributed by atoms with van der Waals surface area (Å²) in [6, 6.07) is 13.2. The maximum Gasteiger partial charge on any atom is 0.193 e. The Bertz CT molecular complexity index is 1200. The minimum Gasteiger partial charge on any atom is -0.508 e. The van der Waals surface area contributed by atoms with Crippen LogP contribution in [0.2, 0.25) is 0 Å². The summed E-state index contributed by atoms with van der Waals surface area (Å²) in [5, 5.41) is 39.6. The van der Waals surface area contributed by atoms with E-state index in [9.17, 15) is 30.0 Å². The third kappa shape index (κ3) is 4.96. The van der Waals surface area contributed by atoms with Crippen LogP contribution in [0.4, 0.5) is 0 Å². The van der Waals surface area contributed by atoms with E-state index in [1.807, 2.05) is 0 Å². The van der Waals surface area contributed by atoms with Gasteiger partial charge in [0.15, 0.2) is 11.6 Å². The second kappa shape index (κ2) is 9.53. The molecule has 0 aromatic heterocycles. The molecule has 3 rings (SSSR count). The fourth-order valence-electron chi connectivity index (χ4n) is 2.95. The van der Waals surface area contributed by atoms with Crippen molar-refractivity contribution >= 4 is 23.7 Å². The number of hydrogen-bond donors (Lipinski definition) is 4. The molecular formula is C25H20O7. The highest BCUT2D eigenvalue weighted by atomic mass is 16.5. The summed E-state index contributed by atoms with van der Waals surface area (Å²) in [6.45, 7) is 0. The van der Waals surface area contributed by atoms with Crippen molar-refractivity contribution in [3.05, 3.63) is 89.0 Å². The minimum atomic E-state index is -0.729. The van der Waals surface area contributed by atoms with Gasteiger partial charge in [0, 0.05) is 6.07 Å². The minimum absolute atomic E-state index is 0.0717. The maximum atomic E-state index is 12.8. The third-order valence-corrected chi connectivity index (χ3v) is 4.60.